The van der Waals surface area contributed by atoms with Crippen LogP contribution in [-0.4, -0.2) is 55.6 Å². The zero-order valence-electron chi connectivity index (χ0n) is 76.7. The van der Waals surface area contributed by atoms with Crippen molar-refractivity contribution in [3.05, 3.63) is 443 Å². The van der Waals surface area contributed by atoms with Crippen molar-refractivity contribution < 1.29 is 0 Å². The normalized spacial score (nSPS) is 12.5. The van der Waals surface area contributed by atoms with E-state index in [0.717, 1.165) is 32.7 Å². The molecule has 652 valence electrons. The van der Waals surface area contributed by atoms with Gasteiger partial charge in [-0.05, 0) is 217 Å². The molecule has 0 atom stereocenters. The Labute approximate surface area is 791 Å². The average molecular weight is 1750 g/mol. The van der Waals surface area contributed by atoms with Crippen LogP contribution in [0.1, 0.15) is 34.6 Å². The van der Waals surface area contributed by atoms with Gasteiger partial charge in [-0.25, -0.2) is 0 Å². The molecule has 0 amide bonds. The number of benzene rings is 19. The van der Waals surface area contributed by atoms with Crippen molar-refractivity contribution in [1.29, 1.82) is 0 Å². The molecule has 19 aromatic carbocycles. The van der Waals surface area contributed by atoms with Gasteiger partial charge in [0.05, 0.1) is 84.5 Å². The molecule has 0 saturated carbocycles. The molecular formula is C126H98N10. The number of hydrogen-bond donors (Lipinski definition) is 0. The van der Waals surface area contributed by atoms with E-state index in [4.69, 9.17) is 0 Å². The zero-order valence-corrected chi connectivity index (χ0v) is 76.7. The van der Waals surface area contributed by atoms with E-state index in [2.05, 4.69) is 525 Å². The number of aromatic nitrogens is 5. The fourth-order valence-electron chi connectivity index (χ4n) is 22.4. The van der Waals surface area contributed by atoms with Crippen molar-refractivity contribution in [2.75, 3.05) is 57.2 Å². The van der Waals surface area contributed by atoms with Crippen molar-refractivity contribution >= 4 is 155 Å². The van der Waals surface area contributed by atoms with Gasteiger partial charge < -0.3 is 24.5 Å². The number of nitrogens with zero attached hydrogens (tertiary/aromatic N) is 10. The van der Waals surface area contributed by atoms with Crippen molar-refractivity contribution in [2.45, 2.75) is 34.6 Å². The quantitative estimate of drug-likeness (QED) is 0.172. The van der Waals surface area contributed by atoms with E-state index in [1.807, 2.05) is 0 Å². The predicted octanol–water partition coefficient (Wildman–Crippen LogP) is 33.5. The second kappa shape index (κ2) is 33.3. The zero-order chi connectivity index (χ0) is 90.8. The molecule has 5 aliphatic heterocycles. The fourth-order valence-corrected chi connectivity index (χ4v) is 22.4. The Morgan fingerprint density at radius 3 is 0.779 bits per heavy atom. The third-order valence-corrected chi connectivity index (χ3v) is 28.4. The first-order valence-electron chi connectivity index (χ1n) is 47.9. The molecule has 10 heterocycles. The molecule has 0 saturated heterocycles. The van der Waals surface area contributed by atoms with Gasteiger partial charge in [-0.3, -0.25) is 22.8 Å². The van der Waals surface area contributed by atoms with Gasteiger partial charge in [0.1, 0.15) is 29.1 Å². The van der Waals surface area contributed by atoms with Gasteiger partial charge in [-0.2, -0.15) is 0 Å². The van der Waals surface area contributed by atoms with Crippen LogP contribution >= 0.6 is 0 Å². The highest BCUT2D eigenvalue weighted by Gasteiger charge is 2.34. The van der Waals surface area contributed by atoms with Gasteiger partial charge in [0.15, 0.2) is 0 Å². The largest absolute Gasteiger partial charge is 0.327 e. The van der Waals surface area contributed by atoms with Gasteiger partial charge in [0.25, 0.3) is 0 Å². The summed E-state index contributed by atoms with van der Waals surface area (Å²) in [5, 5.41) is 16.6. The van der Waals surface area contributed by atoms with Crippen LogP contribution in [0.3, 0.4) is 0 Å². The lowest BCUT2D eigenvalue weighted by Gasteiger charge is -2.24. The van der Waals surface area contributed by atoms with Crippen LogP contribution in [-0.2, 0) is 0 Å². The van der Waals surface area contributed by atoms with Crippen LogP contribution in [0.4, 0.5) is 57.5 Å². The van der Waals surface area contributed by atoms with E-state index < -0.39 is 0 Å². The summed E-state index contributed by atoms with van der Waals surface area (Å²) >= 11 is 0. The lowest BCUT2D eigenvalue weighted by atomic mass is 9.95. The van der Waals surface area contributed by atoms with Crippen LogP contribution in [0.15, 0.2) is 443 Å². The highest BCUT2D eigenvalue weighted by molar-refractivity contribution is 6.10. The number of anilines is 10. The maximum absolute atomic E-state index is 2.45. The molecule has 0 spiro atoms. The van der Waals surface area contributed by atoms with Crippen LogP contribution in [0.25, 0.3) is 182 Å². The molecule has 0 unspecified atom stereocenters. The Bertz CT molecular complexity index is 8830. The second-order valence-electron chi connectivity index (χ2n) is 35.6. The SMILES string of the molecule is CCN1c2cc3ccccc3cc2-c2ccccc2-n2c1cc1ccccc12.CCN1c2ccc3ccccc3c2-c2ccccc2-n2c1cc1ccccc12.CCN1c2ccccc2-c2cc3ccccc3cc2-n2c1cc1ccccc12.CCN1c2ccccc2-c2ccccc2-n2c1cc1cc3ccccc3cc12.CCN1c2ccccc2-c2ccccc2-n2c1cc1ccccc12. The highest BCUT2D eigenvalue weighted by atomic mass is 15.3. The molecule has 5 aliphatic rings. The Morgan fingerprint density at radius 1 is 0.140 bits per heavy atom. The molecule has 10 heteroatoms. The molecule has 0 aliphatic carbocycles. The summed E-state index contributed by atoms with van der Waals surface area (Å²) < 4.78 is 12.1. The van der Waals surface area contributed by atoms with Crippen molar-refractivity contribution in [3.63, 3.8) is 0 Å². The number of rotatable bonds is 5. The van der Waals surface area contributed by atoms with Crippen molar-refractivity contribution in [1.82, 2.24) is 22.8 Å². The van der Waals surface area contributed by atoms with Crippen LogP contribution in [0.2, 0.25) is 0 Å². The van der Waals surface area contributed by atoms with Crippen molar-refractivity contribution in [3.8, 4) is 84.1 Å². The monoisotopic (exact) mass is 1750 g/mol. The van der Waals surface area contributed by atoms with Crippen LogP contribution < -0.4 is 24.5 Å². The standard InChI is InChI=1S/4C26H20N2.C22H18N2/c1-2-27-24-16-15-18-9-3-5-11-20(18)26(24)21-12-6-8-14-23(21)28-22-13-7-4-10-19(22)17-25(27)28;1-2-27-23-13-7-5-11-21(23)22-12-6-8-14-24(22)28-25-16-19-10-4-3-9-18(19)15-20(25)17-26(27)28;1-2-27-25-16-19-10-4-3-9-18(19)15-22(25)21-12-6-8-14-24(21)28-23-13-7-5-11-20(23)17-26(27)28;1-2-27-24-14-8-6-12-21(24)22-15-18-9-3-4-10-19(18)16-25(22)28-23-13-7-5-11-20(23)17-26(27)28;1-2-23-20-13-7-4-10-17(20)18-11-5-8-14-21(18)24-19-12-6-3-9-16(19)15-22(23)24/h4*3-17H,2H2,1H3;3-15H,2H2,1H3. The first kappa shape index (κ1) is 81.0. The summed E-state index contributed by atoms with van der Waals surface area (Å²) in [6.45, 7) is 15.7. The molecule has 0 N–H and O–H groups in total. The van der Waals surface area contributed by atoms with Gasteiger partial charge in [0.2, 0.25) is 0 Å². The van der Waals surface area contributed by atoms with Gasteiger partial charge in [-0.1, -0.05) is 303 Å². The number of hydrogen-bond acceptors (Lipinski definition) is 5. The summed E-state index contributed by atoms with van der Waals surface area (Å²) in [4.78, 5) is 12.2. The molecule has 0 fully saturated rings. The fraction of sp³-hybridized carbons (Fsp3) is 0.0794. The Morgan fingerprint density at radius 2 is 0.382 bits per heavy atom. The maximum atomic E-state index is 2.45. The third-order valence-electron chi connectivity index (χ3n) is 28.4. The molecule has 136 heavy (non-hydrogen) atoms. The molecule has 10 nitrogen and oxygen atoms in total. The smallest absolute Gasteiger partial charge is 0.118 e. The number of fused-ring (bicyclic) bond motifs is 40. The average Bonchev–Trinajstić information content (AvgIpc) is 1.54. The van der Waals surface area contributed by atoms with E-state index in [0.29, 0.717) is 0 Å². The Balaban J connectivity index is 0.0000000906. The van der Waals surface area contributed by atoms with Crippen LogP contribution in [0.5, 0.6) is 0 Å². The second-order valence-corrected chi connectivity index (χ2v) is 35.6. The van der Waals surface area contributed by atoms with Crippen LogP contribution in [0, 0.1) is 0 Å². The van der Waals surface area contributed by atoms with E-state index >= 15 is 0 Å². The van der Waals surface area contributed by atoms with E-state index in [-0.39, 0.29) is 0 Å². The van der Waals surface area contributed by atoms with Gasteiger partial charge in [-0.15, -0.1) is 0 Å². The minimum absolute atomic E-state index is 0.912. The summed E-state index contributed by atoms with van der Waals surface area (Å²) in [5.41, 5.74) is 31.7. The summed E-state index contributed by atoms with van der Waals surface area (Å²) in [6.07, 6.45) is 0. The minimum Gasteiger partial charge on any atom is -0.327 e. The molecule has 0 radical (unpaired) electrons. The topological polar surface area (TPSA) is 40.9 Å². The lowest BCUT2D eigenvalue weighted by molar-refractivity contribution is 0.968. The van der Waals surface area contributed by atoms with Gasteiger partial charge >= 0.3 is 0 Å². The Kier molecular flexibility index (Phi) is 19.8. The summed E-state index contributed by atoms with van der Waals surface area (Å²) in [6, 6.07) is 161. The molecule has 5 aromatic heterocycles. The molecule has 24 aromatic rings. The van der Waals surface area contributed by atoms with Crippen molar-refractivity contribution in [2.24, 2.45) is 0 Å². The summed E-state index contributed by atoms with van der Waals surface area (Å²) in [5.74, 6) is 6.14. The van der Waals surface area contributed by atoms with E-state index in [9.17, 15) is 0 Å². The highest BCUT2D eigenvalue weighted by Crippen LogP contribution is 2.54. The maximum Gasteiger partial charge on any atom is 0.118 e. The third kappa shape index (κ3) is 13.1. The first-order chi connectivity index (χ1) is 67.3. The first-order valence-corrected chi connectivity index (χ1v) is 47.9. The Hall–Kier alpha value is -17.1. The molecule has 29 rings (SSSR count). The molecule has 0 bridgehead atoms. The predicted molar refractivity (Wildman–Crippen MR) is 577 cm³/mol. The van der Waals surface area contributed by atoms with E-state index in [1.54, 1.807) is 0 Å². The summed E-state index contributed by atoms with van der Waals surface area (Å²) in [7, 11) is 0. The molecular weight excluding hydrogens is 1650 g/mol. The van der Waals surface area contributed by atoms with E-state index in [1.165, 1.54) is 239 Å². The minimum atomic E-state index is 0.912. The number of para-hydroxylation sites is 11. The lowest BCUT2D eigenvalue weighted by Crippen LogP contribution is -2.18. The van der Waals surface area contributed by atoms with Gasteiger partial charge in [0, 0.05) is 115 Å².